The number of ether oxygens (including phenoxy) is 1. The molecule has 0 spiro atoms. The molecule has 0 aliphatic carbocycles. The summed E-state index contributed by atoms with van der Waals surface area (Å²) in [5.41, 5.74) is 2.16. The average molecular weight is 254 g/mol. The molecule has 0 aliphatic heterocycles. The summed E-state index contributed by atoms with van der Waals surface area (Å²) in [5.74, 6) is -0.0149. The molecule has 0 radical (unpaired) electrons. The van der Waals surface area contributed by atoms with E-state index in [1.807, 2.05) is 6.07 Å². The lowest BCUT2D eigenvalue weighted by Gasteiger charge is -1.98. The van der Waals surface area contributed by atoms with E-state index in [0.717, 1.165) is 5.56 Å². The van der Waals surface area contributed by atoms with Crippen molar-refractivity contribution in [1.29, 1.82) is 0 Å². The summed E-state index contributed by atoms with van der Waals surface area (Å²) in [6.45, 7) is 0. The SMILES string of the molecule is COC(=O)c1cccc2nc(-c3cccnc3)oc12. The topological polar surface area (TPSA) is 65.2 Å². The first-order valence-electron chi connectivity index (χ1n) is 5.68. The standard InChI is InChI=1S/C14H10N2O3/c1-18-14(17)10-5-2-6-11-12(10)19-13(16-11)9-4-3-7-15-8-9/h2-8H,1H3. The van der Waals surface area contributed by atoms with Crippen molar-refractivity contribution in [2.24, 2.45) is 0 Å². The fraction of sp³-hybridized carbons (Fsp3) is 0.0714. The second-order valence-electron chi connectivity index (χ2n) is 3.91. The van der Waals surface area contributed by atoms with Crippen molar-refractivity contribution in [3.8, 4) is 11.5 Å². The predicted octanol–water partition coefficient (Wildman–Crippen LogP) is 2.68. The third kappa shape index (κ3) is 1.95. The van der Waals surface area contributed by atoms with Crippen LogP contribution in [0.3, 0.4) is 0 Å². The summed E-state index contributed by atoms with van der Waals surface area (Å²) in [5, 5.41) is 0. The zero-order valence-corrected chi connectivity index (χ0v) is 10.2. The molecule has 0 bridgehead atoms. The highest BCUT2D eigenvalue weighted by Gasteiger charge is 2.16. The van der Waals surface area contributed by atoms with Gasteiger partial charge in [-0.05, 0) is 24.3 Å². The van der Waals surface area contributed by atoms with Gasteiger partial charge in [-0.2, -0.15) is 0 Å². The Hall–Kier alpha value is -2.69. The van der Waals surface area contributed by atoms with Gasteiger partial charge in [-0.25, -0.2) is 9.78 Å². The highest BCUT2D eigenvalue weighted by Crippen LogP contribution is 2.26. The molecule has 0 saturated heterocycles. The number of para-hydroxylation sites is 1. The first-order chi connectivity index (χ1) is 9.29. The van der Waals surface area contributed by atoms with Crippen LogP contribution in [-0.4, -0.2) is 23.0 Å². The van der Waals surface area contributed by atoms with Gasteiger partial charge in [0.05, 0.1) is 12.7 Å². The van der Waals surface area contributed by atoms with Crippen LogP contribution in [0.5, 0.6) is 0 Å². The number of methoxy groups -OCH3 is 1. The first kappa shape index (κ1) is 11.4. The third-order valence-corrected chi connectivity index (χ3v) is 2.73. The number of nitrogens with zero attached hydrogens (tertiary/aromatic N) is 2. The fourth-order valence-corrected chi connectivity index (χ4v) is 1.83. The molecule has 2 aromatic heterocycles. The summed E-state index contributed by atoms with van der Waals surface area (Å²) in [7, 11) is 1.33. The van der Waals surface area contributed by atoms with Crippen LogP contribution in [0.2, 0.25) is 0 Å². The van der Waals surface area contributed by atoms with E-state index < -0.39 is 5.97 Å². The zero-order chi connectivity index (χ0) is 13.2. The van der Waals surface area contributed by atoms with Crippen LogP contribution in [0, 0.1) is 0 Å². The van der Waals surface area contributed by atoms with Gasteiger partial charge in [0, 0.05) is 12.4 Å². The summed E-state index contributed by atoms with van der Waals surface area (Å²) < 4.78 is 10.4. The molecule has 0 saturated carbocycles. The number of carbonyl (C=O) groups is 1. The van der Waals surface area contributed by atoms with E-state index in [4.69, 9.17) is 9.15 Å². The molecule has 3 aromatic rings. The lowest BCUT2D eigenvalue weighted by Crippen LogP contribution is -2.00. The summed E-state index contributed by atoms with van der Waals surface area (Å²) in [6, 6.07) is 8.81. The molecule has 94 valence electrons. The van der Waals surface area contributed by atoms with Gasteiger partial charge in [-0.1, -0.05) is 6.07 Å². The maximum atomic E-state index is 11.7. The van der Waals surface area contributed by atoms with Crippen LogP contribution in [0.15, 0.2) is 47.1 Å². The van der Waals surface area contributed by atoms with Gasteiger partial charge in [0.15, 0.2) is 5.58 Å². The minimum absolute atomic E-state index is 0.364. The van der Waals surface area contributed by atoms with Crippen molar-refractivity contribution < 1.29 is 13.9 Å². The number of oxazole rings is 1. The molecule has 0 atom stereocenters. The van der Waals surface area contributed by atoms with Crippen LogP contribution in [0.25, 0.3) is 22.6 Å². The Morgan fingerprint density at radius 2 is 2.16 bits per heavy atom. The first-order valence-corrected chi connectivity index (χ1v) is 5.68. The molecule has 1 aromatic carbocycles. The van der Waals surface area contributed by atoms with Gasteiger partial charge >= 0.3 is 5.97 Å². The van der Waals surface area contributed by atoms with Crippen molar-refractivity contribution in [2.45, 2.75) is 0 Å². The Morgan fingerprint density at radius 3 is 2.89 bits per heavy atom. The van der Waals surface area contributed by atoms with E-state index in [-0.39, 0.29) is 0 Å². The van der Waals surface area contributed by atoms with Crippen molar-refractivity contribution in [3.63, 3.8) is 0 Å². The Bertz CT molecular complexity index is 735. The van der Waals surface area contributed by atoms with Crippen molar-refractivity contribution in [3.05, 3.63) is 48.3 Å². The smallest absolute Gasteiger partial charge is 0.341 e. The van der Waals surface area contributed by atoms with Crippen LogP contribution >= 0.6 is 0 Å². The highest BCUT2D eigenvalue weighted by molar-refractivity contribution is 6.01. The minimum Gasteiger partial charge on any atom is -0.465 e. The molecular weight excluding hydrogens is 244 g/mol. The quantitative estimate of drug-likeness (QED) is 0.658. The summed E-state index contributed by atoms with van der Waals surface area (Å²) in [6.07, 6.45) is 3.33. The number of hydrogen-bond acceptors (Lipinski definition) is 5. The molecule has 0 N–H and O–H groups in total. The monoisotopic (exact) mass is 254 g/mol. The lowest BCUT2D eigenvalue weighted by molar-refractivity contribution is 0.0602. The molecule has 0 unspecified atom stereocenters. The van der Waals surface area contributed by atoms with Gasteiger partial charge in [-0.3, -0.25) is 4.98 Å². The van der Waals surface area contributed by atoms with Crippen LogP contribution in [-0.2, 0) is 4.74 Å². The molecule has 0 amide bonds. The van der Waals surface area contributed by atoms with Crippen LogP contribution in [0.1, 0.15) is 10.4 Å². The number of rotatable bonds is 2. The van der Waals surface area contributed by atoms with E-state index in [1.54, 1.807) is 36.7 Å². The van der Waals surface area contributed by atoms with E-state index in [1.165, 1.54) is 7.11 Å². The number of hydrogen-bond donors (Lipinski definition) is 0. The van der Waals surface area contributed by atoms with E-state index in [9.17, 15) is 4.79 Å². The van der Waals surface area contributed by atoms with Gasteiger partial charge in [0.2, 0.25) is 5.89 Å². The lowest BCUT2D eigenvalue weighted by atomic mass is 10.2. The number of benzene rings is 1. The number of carbonyl (C=O) groups excluding carboxylic acids is 1. The molecule has 3 rings (SSSR count). The van der Waals surface area contributed by atoms with Crippen LogP contribution < -0.4 is 0 Å². The van der Waals surface area contributed by atoms with Gasteiger partial charge in [0.25, 0.3) is 0 Å². The third-order valence-electron chi connectivity index (χ3n) is 2.73. The number of esters is 1. The predicted molar refractivity (Wildman–Crippen MR) is 68.6 cm³/mol. The Balaban J connectivity index is 2.19. The largest absolute Gasteiger partial charge is 0.465 e. The minimum atomic E-state index is -0.445. The fourth-order valence-electron chi connectivity index (χ4n) is 1.83. The Kier molecular flexibility index (Phi) is 2.72. The second-order valence-corrected chi connectivity index (χ2v) is 3.91. The van der Waals surface area contributed by atoms with E-state index >= 15 is 0 Å². The maximum absolute atomic E-state index is 11.7. The van der Waals surface area contributed by atoms with Gasteiger partial charge < -0.3 is 9.15 Å². The second kappa shape index (κ2) is 4.53. The number of pyridine rings is 1. The van der Waals surface area contributed by atoms with Gasteiger partial charge in [-0.15, -0.1) is 0 Å². The Labute approximate surface area is 108 Å². The van der Waals surface area contributed by atoms with Crippen LogP contribution in [0.4, 0.5) is 0 Å². The maximum Gasteiger partial charge on any atom is 0.341 e. The molecule has 19 heavy (non-hydrogen) atoms. The molecule has 5 heteroatoms. The zero-order valence-electron chi connectivity index (χ0n) is 10.2. The average Bonchev–Trinajstić information content (AvgIpc) is 2.91. The van der Waals surface area contributed by atoms with Crippen molar-refractivity contribution in [1.82, 2.24) is 9.97 Å². The molecular formula is C14H10N2O3. The van der Waals surface area contributed by atoms with E-state index in [0.29, 0.717) is 22.6 Å². The Morgan fingerprint density at radius 1 is 1.26 bits per heavy atom. The summed E-state index contributed by atoms with van der Waals surface area (Å²) >= 11 is 0. The number of fused-ring (bicyclic) bond motifs is 1. The normalized spacial score (nSPS) is 10.6. The van der Waals surface area contributed by atoms with Crippen molar-refractivity contribution in [2.75, 3.05) is 7.11 Å². The molecule has 0 fully saturated rings. The van der Waals surface area contributed by atoms with E-state index in [2.05, 4.69) is 9.97 Å². The highest BCUT2D eigenvalue weighted by atomic mass is 16.5. The van der Waals surface area contributed by atoms with Crippen molar-refractivity contribution >= 4 is 17.1 Å². The summed E-state index contributed by atoms with van der Waals surface area (Å²) in [4.78, 5) is 20.0. The molecule has 0 aliphatic rings. The molecule has 2 heterocycles. The number of aromatic nitrogens is 2. The van der Waals surface area contributed by atoms with Gasteiger partial charge in [0.1, 0.15) is 11.1 Å². The molecule has 5 nitrogen and oxygen atoms in total.